The molecule has 7 heteroatoms. The molecule has 0 spiro atoms. The first-order chi connectivity index (χ1) is 17.7. The second kappa shape index (κ2) is 10.1. The van der Waals surface area contributed by atoms with Crippen molar-refractivity contribution >= 4 is 11.9 Å². The summed E-state index contributed by atoms with van der Waals surface area (Å²) in [5.41, 5.74) is 12.6. The number of anilines is 1. The van der Waals surface area contributed by atoms with E-state index in [2.05, 4.69) is 46.5 Å². The maximum atomic E-state index is 12.3. The highest BCUT2D eigenvalue weighted by molar-refractivity contribution is 5.79. The number of nitriles is 1. The molecular formula is C29H23N5O2. The van der Waals surface area contributed by atoms with Crippen molar-refractivity contribution in [3.8, 4) is 34.7 Å². The van der Waals surface area contributed by atoms with E-state index < -0.39 is 6.09 Å². The first-order valence-electron chi connectivity index (χ1n) is 11.6. The van der Waals surface area contributed by atoms with Crippen molar-refractivity contribution in [3.63, 3.8) is 0 Å². The number of nitrogens with one attached hydrogen (secondary N) is 1. The molecule has 0 saturated carbocycles. The van der Waals surface area contributed by atoms with E-state index in [-0.39, 0.29) is 12.5 Å². The van der Waals surface area contributed by atoms with Crippen LogP contribution in [0.25, 0.3) is 16.8 Å². The van der Waals surface area contributed by atoms with Crippen LogP contribution in [0, 0.1) is 23.2 Å². The molecule has 1 heterocycles. The molecule has 7 nitrogen and oxygen atoms in total. The maximum absolute atomic E-state index is 12.3. The fourth-order valence-electron chi connectivity index (χ4n) is 4.38. The maximum Gasteiger partial charge on any atom is 0.407 e. The van der Waals surface area contributed by atoms with Gasteiger partial charge in [-0.15, -0.1) is 0 Å². The third kappa shape index (κ3) is 4.51. The molecule has 0 radical (unpaired) electrons. The third-order valence-corrected chi connectivity index (χ3v) is 6.13. The number of ether oxygens (including phenoxy) is 1. The van der Waals surface area contributed by atoms with Crippen LogP contribution in [0.2, 0.25) is 0 Å². The number of amides is 1. The van der Waals surface area contributed by atoms with E-state index in [0.29, 0.717) is 24.3 Å². The molecule has 36 heavy (non-hydrogen) atoms. The van der Waals surface area contributed by atoms with E-state index >= 15 is 0 Å². The Morgan fingerprint density at radius 2 is 1.69 bits per heavy atom. The molecule has 0 bridgehead atoms. The zero-order valence-electron chi connectivity index (χ0n) is 19.4. The number of carbonyl (C=O) groups excluding carboxylic acids is 1. The fraction of sp³-hybridized carbons (Fsp3) is 0.138. The molecule has 1 aromatic heterocycles. The Kier molecular flexibility index (Phi) is 6.38. The molecule has 1 aliphatic carbocycles. The molecule has 3 N–H and O–H groups in total. The summed E-state index contributed by atoms with van der Waals surface area (Å²) in [6.45, 7) is 0.678. The molecule has 0 saturated heterocycles. The normalized spacial score (nSPS) is 11.5. The van der Waals surface area contributed by atoms with Crippen molar-refractivity contribution in [1.82, 2.24) is 15.1 Å². The monoisotopic (exact) mass is 473 g/mol. The number of rotatable bonds is 5. The van der Waals surface area contributed by atoms with E-state index in [1.54, 1.807) is 0 Å². The van der Waals surface area contributed by atoms with Crippen LogP contribution in [0.15, 0.2) is 79.0 Å². The van der Waals surface area contributed by atoms with Crippen molar-refractivity contribution in [2.45, 2.75) is 12.3 Å². The van der Waals surface area contributed by atoms with Crippen LogP contribution in [0.3, 0.4) is 0 Å². The molecule has 1 aliphatic rings. The van der Waals surface area contributed by atoms with Gasteiger partial charge in [-0.1, -0.05) is 60.4 Å². The average molecular weight is 474 g/mol. The quantitative estimate of drug-likeness (QED) is 0.325. The highest BCUT2D eigenvalue weighted by atomic mass is 16.5. The van der Waals surface area contributed by atoms with Gasteiger partial charge in [-0.25, -0.2) is 9.48 Å². The molecule has 0 fully saturated rings. The van der Waals surface area contributed by atoms with Gasteiger partial charge in [-0.2, -0.15) is 10.4 Å². The fourth-order valence-corrected chi connectivity index (χ4v) is 4.38. The number of nitrogen functional groups attached to an aromatic ring is 1. The second-order valence-electron chi connectivity index (χ2n) is 8.32. The summed E-state index contributed by atoms with van der Waals surface area (Å²) in [5, 5.41) is 15.9. The Bertz CT molecular complexity index is 1470. The standard InChI is InChI=1S/C29H23N5O2/c30-17-21-18-33-34(28(21)31)22-14-12-20(13-15-22)7-5-6-16-32-29(35)36-19-27-25-10-3-1-8-23(25)24-9-2-4-11-26(24)27/h1-4,8-15,18,27H,6,16,19,31H2,(H,32,35). The number of benzene rings is 3. The summed E-state index contributed by atoms with van der Waals surface area (Å²) >= 11 is 0. The van der Waals surface area contributed by atoms with Crippen LogP contribution >= 0.6 is 0 Å². The van der Waals surface area contributed by atoms with E-state index in [1.165, 1.54) is 33.1 Å². The van der Waals surface area contributed by atoms with Gasteiger partial charge in [0.1, 0.15) is 24.1 Å². The van der Waals surface area contributed by atoms with Crippen LogP contribution in [-0.4, -0.2) is 29.0 Å². The van der Waals surface area contributed by atoms with Crippen molar-refractivity contribution in [2.24, 2.45) is 0 Å². The van der Waals surface area contributed by atoms with E-state index in [4.69, 9.17) is 15.7 Å². The van der Waals surface area contributed by atoms with Crippen molar-refractivity contribution in [2.75, 3.05) is 18.9 Å². The van der Waals surface area contributed by atoms with Gasteiger partial charge in [0.15, 0.2) is 0 Å². The van der Waals surface area contributed by atoms with Crippen LogP contribution < -0.4 is 11.1 Å². The minimum absolute atomic E-state index is 0.0366. The van der Waals surface area contributed by atoms with Crippen LogP contribution in [0.5, 0.6) is 0 Å². The highest BCUT2D eigenvalue weighted by Crippen LogP contribution is 2.44. The summed E-state index contributed by atoms with van der Waals surface area (Å²) in [7, 11) is 0. The predicted molar refractivity (Wildman–Crippen MR) is 137 cm³/mol. The lowest BCUT2D eigenvalue weighted by Gasteiger charge is -2.14. The summed E-state index contributed by atoms with van der Waals surface area (Å²) in [6.07, 6.45) is 1.48. The average Bonchev–Trinajstić information content (AvgIpc) is 3.45. The molecular weight excluding hydrogens is 450 g/mol. The Morgan fingerprint density at radius 3 is 2.33 bits per heavy atom. The van der Waals surface area contributed by atoms with Gasteiger partial charge in [-0.05, 0) is 46.5 Å². The smallest absolute Gasteiger partial charge is 0.407 e. The summed E-state index contributed by atoms with van der Waals surface area (Å²) in [5.74, 6) is 6.46. The molecule has 0 unspecified atom stereocenters. The Labute approximate surface area is 209 Å². The van der Waals surface area contributed by atoms with Crippen molar-refractivity contribution in [3.05, 3.63) is 101 Å². The molecule has 0 atom stereocenters. The number of nitrogens with zero attached hydrogens (tertiary/aromatic N) is 3. The van der Waals surface area contributed by atoms with Crippen LogP contribution in [0.4, 0.5) is 10.6 Å². The van der Waals surface area contributed by atoms with Gasteiger partial charge in [0.2, 0.25) is 0 Å². The predicted octanol–water partition coefficient (Wildman–Crippen LogP) is 4.61. The Morgan fingerprint density at radius 1 is 1.03 bits per heavy atom. The lowest BCUT2D eigenvalue weighted by molar-refractivity contribution is 0.143. The number of carbonyl (C=O) groups is 1. The van der Waals surface area contributed by atoms with Gasteiger partial charge in [0.25, 0.3) is 0 Å². The summed E-state index contributed by atoms with van der Waals surface area (Å²) < 4.78 is 7.05. The van der Waals surface area contributed by atoms with E-state index in [1.807, 2.05) is 54.6 Å². The van der Waals surface area contributed by atoms with E-state index in [9.17, 15) is 4.79 Å². The minimum Gasteiger partial charge on any atom is -0.449 e. The Balaban J connectivity index is 1.10. The molecule has 5 rings (SSSR count). The van der Waals surface area contributed by atoms with Gasteiger partial charge in [0.05, 0.1) is 11.9 Å². The lowest BCUT2D eigenvalue weighted by Crippen LogP contribution is -2.26. The SMILES string of the molecule is N#Cc1cnn(-c2ccc(C#CCCNC(=O)OCC3c4ccccc4-c4ccccc43)cc2)c1N. The number of hydrogen-bond donors (Lipinski definition) is 2. The zero-order chi connectivity index (χ0) is 24.9. The number of alkyl carbamates (subject to hydrolysis) is 1. The third-order valence-electron chi connectivity index (χ3n) is 6.13. The summed E-state index contributed by atoms with van der Waals surface area (Å²) in [4.78, 5) is 12.3. The number of hydrogen-bond acceptors (Lipinski definition) is 5. The number of nitrogens with two attached hydrogens (primary N) is 1. The second-order valence-corrected chi connectivity index (χ2v) is 8.32. The topological polar surface area (TPSA) is 106 Å². The van der Waals surface area contributed by atoms with Gasteiger partial charge < -0.3 is 15.8 Å². The van der Waals surface area contributed by atoms with Gasteiger partial charge in [-0.3, -0.25) is 0 Å². The first kappa shape index (κ1) is 22.8. The van der Waals surface area contributed by atoms with Crippen molar-refractivity contribution in [1.29, 1.82) is 5.26 Å². The lowest BCUT2D eigenvalue weighted by atomic mass is 9.98. The zero-order valence-corrected chi connectivity index (χ0v) is 19.4. The van der Waals surface area contributed by atoms with Gasteiger partial charge in [0, 0.05) is 24.4 Å². The molecule has 1 amide bonds. The van der Waals surface area contributed by atoms with Crippen LogP contribution in [-0.2, 0) is 4.74 Å². The summed E-state index contributed by atoms with van der Waals surface area (Å²) in [6, 6.07) is 25.9. The Hall–Kier alpha value is -5.01. The van der Waals surface area contributed by atoms with E-state index in [0.717, 1.165) is 11.3 Å². The highest BCUT2D eigenvalue weighted by Gasteiger charge is 2.28. The number of fused-ring (bicyclic) bond motifs is 3. The van der Waals surface area contributed by atoms with Crippen molar-refractivity contribution < 1.29 is 9.53 Å². The molecule has 176 valence electrons. The first-order valence-corrected chi connectivity index (χ1v) is 11.6. The molecule has 0 aliphatic heterocycles. The number of aromatic nitrogens is 2. The largest absolute Gasteiger partial charge is 0.449 e. The molecule has 4 aromatic rings. The van der Waals surface area contributed by atoms with Crippen LogP contribution in [0.1, 0.15) is 34.6 Å². The minimum atomic E-state index is -0.448. The van der Waals surface area contributed by atoms with Gasteiger partial charge >= 0.3 is 6.09 Å². The molecule has 3 aromatic carbocycles.